The summed E-state index contributed by atoms with van der Waals surface area (Å²) < 4.78 is 26.8. The lowest BCUT2D eigenvalue weighted by Gasteiger charge is -2.21. The van der Waals surface area contributed by atoms with Crippen LogP contribution >= 0.6 is 11.6 Å². The molecule has 2 rings (SSSR count). The molecule has 0 heterocycles. The number of rotatable bonds is 5. The van der Waals surface area contributed by atoms with Crippen LogP contribution in [0.3, 0.4) is 0 Å². The van der Waals surface area contributed by atoms with Gasteiger partial charge in [-0.2, -0.15) is 0 Å². The van der Waals surface area contributed by atoms with Gasteiger partial charge >= 0.3 is 0 Å². The Labute approximate surface area is 143 Å². The first-order valence-corrected chi connectivity index (χ1v) is 7.49. The molecule has 2 amide bonds. The van der Waals surface area contributed by atoms with E-state index >= 15 is 0 Å². The van der Waals surface area contributed by atoms with Crippen molar-refractivity contribution in [3.05, 3.63) is 64.7 Å². The van der Waals surface area contributed by atoms with Crippen molar-refractivity contribution in [1.82, 2.24) is 5.32 Å². The van der Waals surface area contributed by atoms with E-state index in [-0.39, 0.29) is 18.8 Å². The summed E-state index contributed by atoms with van der Waals surface area (Å²) in [5.41, 5.74) is 0.562. The largest absolute Gasteiger partial charge is 0.350 e. The summed E-state index contributed by atoms with van der Waals surface area (Å²) in [4.78, 5) is 24.7. The van der Waals surface area contributed by atoms with E-state index in [0.717, 1.165) is 22.6 Å². The maximum absolute atomic E-state index is 13.8. The summed E-state index contributed by atoms with van der Waals surface area (Å²) in [6.45, 7) is 0.989. The van der Waals surface area contributed by atoms with E-state index in [9.17, 15) is 18.4 Å². The van der Waals surface area contributed by atoms with Crippen LogP contribution in [-0.2, 0) is 16.1 Å². The lowest BCUT2D eigenvalue weighted by Crippen LogP contribution is -2.40. The minimum Gasteiger partial charge on any atom is -0.350 e. The highest BCUT2D eigenvalue weighted by atomic mass is 35.5. The van der Waals surface area contributed by atoms with Crippen LogP contribution in [0.25, 0.3) is 0 Å². The van der Waals surface area contributed by atoms with Gasteiger partial charge in [0.1, 0.15) is 18.2 Å². The zero-order chi connectivity index (χ0) is 17.7. The van der Waals surface area contributed by atoms with Gasteiger partial charge in [0.15, 0.2) is 0 Å². The molecule has 2 aromatic carbocycles. The van der Waals surface area contributed by atoms with Crippen molar-refractivity contribution >= 4 is 29.1 Å². The summed E-state index contributed by atoms with van der Waals surface area (Å²) in [7, 11) is 0. The highest BCUT2D eigenvalue weighted by Gasteiger charge is 2.19. The van der Waals surface area contributed by atoms with Crippen molar-refractivity contribution in [3.63, 3.8) is 0 Å². The maximum atomic E-state index is 13.8. The van der Waals surface area contributed by atoms with Crippen molar-refractivity contribution in [2.24, 2.45) is 0 Å². The molecule has 0 atom stereocenters. The van der Waals surface area contributed by atoms with E-state index in [0.29, 0.717) is 11.1 Å². The Kier molecular flexibility index (Phi) is 5.87. The normalized spacial score (nSPS) is 10.3. The molecular weight excluding hydrogens is 338 g/mol. The Bertz CT molecular complexity index is 768. The highest BCUT2D eigenvalue weighted by Crippen LogP contribution is 2.20. The Morgan fingerprint density at radius 3 is 2.50 bits per heavy atom. The lowest BCUT2D eigenvalue weighted by molar-refractivity contribution is -0.123. The number of carbonyl (C=O) groups excluding carboxylic acids is 2. The summed E-state index contributed by atoms with van der Waals surface area (Å²) in [5.74, 6) is -2.70. The number of nitrogens with one attached hydrogen (secondary N) is 1. The molecule has 0 saturated carbocycles. The van der Waals surface area contributed by atoms with Crippen LogP contribution in [0.4, 0.5) is 14.5 Å². The molecule has 2 aromatic rings. The molecule has 0 aromatic heterocycles. The van der Waals surface area contributed by atoms with E-state index < -0.39 is 23.4 Å². The highest BCUT2D eigenvalue weighted by molar-refractivity contribution is 6.31. The van der Waals surface area contributed by atoms with Crippen LogP contribution in [0, 0.1) is 11.6 Å². The second kappa shape index (κ2) is 7.88. The van der Waals surface area contributed by atoms with Gasteiger partial charge in [-0.05, 0) is 23.8 Å². The second-order valence-electron chi connectivity index (χ2n) is 5.07. The van der Waals surface area contributed by atoms with Gasteiger partial charge in [0.2, 0.25) is 11.8 Å². The van der Waals surface area contributed by atoms with E-state index in [2.05, 4.69) is 5.32 Å². The number of benzene rings is 2. The fourth-order valence-electron chi connectivity index (χ4n) is 2.10. The quantitative estimate of drug-likeness (QED) is 0.897. The van der Waals surface area contributed by atoms with Gasteiger partial charge in [0, 0.05) is 24.6 Å². The third-order valence-corrected chi connectivity index (χ3v) is 3.68. The van der Waals surface area contributed by atoms with E-state index in [4.69, 9.17) is 11.6 Å². The van der Waals surface area contributed by atoms with Crippen molar-refractivity contribution in [3.8, 4) is 0 Å². The molecule has 0 aliphatic carbocycles. The van der Waals surface area contributed by atoms with E-state index in [1.165, 1.54) is 6.92 Å². The predicted molar refractivity (Wildman–Crippen MR) is 87.7 cm³/mol. The Balaban J connectivity index is 2.06. The molecule has 0 saturated heterocycles. The number of halogens is 3. The number of hydrogen-bond acceptors (Lipinski definition) is 2. The fraction of sp³-hybridized carbons (Fsp3) is 0.176. The van der Waals surface area contributed by atoms with Gasteiger partial charge in [-0.25, -0.2) is 8.78 Å². The van der Waals surface area contributed by atoms with Crippen LogP contribution in [-0.4, -0.2) is 18.4 Å². The molecule has 0 spiro atoms. The molecule has 24 heavy (non-hydrogen) atoms. The molecule has 1 N–H and O–H groups in total. The number of hydrogen-bond donors (Lipinski definition) is 1. The molecule has 0 aliphatic heterocycles. The summed E-state index contributed by atoms with van der Waals surface area (Å²) in [6.07, 6.45) is 0. The maximum Gasteiger partial charge on any atom is 0.240 e. The lowest BCUT2D eigenvalue weighted by atomic mass is 10.2. The second-order valence-corrected chi connectivity index (χ2v) is 5.48. The minimum absolute atomic E-state index is 0.156. The van der Waals surface area contributed by atoms with Gasteiger partial charge in [0.05, 0.1) is 5.69 Å². The molecule has 7 heteroatoms. The third-order valence-electron chi connectivity index (χ3n) is 3.32. The summed E-state index contributed by atoms with van der Waals surface area (Å²) >= 11 is 5.99. The first kappa shape index (κ1) is 17.9. The van der Waals surface area contributed by atoms with E-state index in [1.54, 1.807) is 24.3 Å². The monoisotopic (exact) mass is 352 g/mol. The fourth-order valence-corrected chi connectivity index (χ4v) is 2.30. The van der Waals surface area contributed by atoms with Gasteiger partial charge in [-0.1, -0.05) is 29.8 Å². The molecule has 126 valence electrons. The molecule has 4 nitrogen and oxygen atoms in total. The molecule has 0 bridgehead atoms. The first-order valence-electron chi connectivity index (χ1n) is 7.11. The Hall–Kier alpha value is -2.47. The van der Waals surface area contributed by atoms with Gasteiger partial charge in [0.25, 0.3) is 0 Å². The minimum atomic E-state index is -0.913. The smallest absolute Gasteiger partial charge is 0.240 e. The standard InChI is InChI=1S/C17H15ClF2N2O2/c1-11(23)22(16-7-6-13(19)8-15(16)20)10-17(24)21-9-12-4-2-3-5-14(12)18/h2-8H,9-10H2,1H3,(H,21,24). The average Bonchev–Trinajstić information content (AvgIpc) is 2.52. The topological polar surface area (TPSA) is 49.4 Å². The molecular formula is C17H15ClF2N2O2. The van der Waals surface area contributed by atoms with Crippen molar-refractivity contribution in [2.75, 3.05) is 11.4 Å². The van der Waals surface area contributed by atoms with E-state index in [1.807, 2.05) is 0 Å². The van der Waals surface area contributed by atoms with Gasteiger partial charge < -0.3 is 10.2 Å². The van der Waals surface area contributed by atoms with Gasteiger partial charge in [-0.3, -0.25) is 9.59 Å². The number of carbonyl (C=O) groups is 2. The SMILES string of the molecule is CC(=O)N(CC(=O)NCc1ccccc1Cl)c1ccc(F)cc1F. The van der Waals surface area contributed by atoms with Crippen LogP contribution in [0.5, 0.6) is 0 Å². The molecule has 0 fully saturated rings. The zero-order valence-corrected chi connectivity index (χ0v) is 13.6. The molecule has 0 radical (unpaired) electrons. The van der Waals surface area contributed by atoms with Gasteiger partial charge in [-0.15, -0.1) is 0 Å². The van der Waals surface area contributed by atoms with Crippen LogP contribution in [0.2, 0.25) is 5.02 Å². The molecule has 0 aliphatic rings. The first-order chi connectivity index (χ1) is 11.4. The number of amides is 2. The van der Waals surface area contributed by atoms with Crippen molar-refractivity contribution < 1.29 is 18.4 Å². The zero-order valence-electron chi connectivity index (χ0n) is 12.9. The predicted octanol–water partition coefficient (Wildman–Crippen LogP) is 3.29. The van der Waals surface area contributed by atoms with Crippen LogP contribution < -0.4 is 10.2 Å². The number of nitrogens with zero attached hydrogens (tertiary/aromatic N) is 1. The summed E-state index contributed by atoms with van der Waals surface area (Å²) in [6, 6.07) is 9.80. The molecule has 0 unspecified atom stereocenters. The summed E-state index contributed by atoms with van der Waals surface area (Å²) in [5, 5.41) is 3.12. The van der Waals surface area contributed by atoms with Crippen molar-refractivity contribution in [2.45, 2.75) is 13.5 Å². The van der Waals surface area contributed by atoms with Crippen LogP contribution in [0.15, 0.2) is 42.5 Å². The number of anilines is 1. The average molecular weight is 353 g/mol. The Morgan fingerprint density at radius 2 is 1.88 bits per heavy atom. The van der Waals surface area contributed by atoms with Crippen molar-refractivity contribution in [1.29, 1.82) is 0 Å². The Morgan fingerprint density at radius 1 is 1.17 bits per heavy atom. The third kappa shape index (κ3) is 4.52. The van der Waals surface area contributed by atoms with Crippen LogP contribution in [0.1, 0.15) is 12.5 Å².